The highest BCUT2D eigenvalue weighted by molar-refractivity contribution is 5.88. The predicted octanol–water partition coefficient (Wildman–Crippen LogP) is 2.93. The van der Waals surface area contributed by atoms with Gasteiger partial charge in [0.05, 0.1) is 12.1 Å². The lowest BCUT2D eigenvalue weighted by Gasteiger charge is -2.24. The number of aliphatic carboxylic acids is 1. The van der Waals surface area contributed by atoms with Gasteiger partial charge in [-0.3, -0.25) is 14.3 Å². The molecular weight excluding hydrogens is 448 g/mol. The van der Waals surface area contributed by atoms with Gasteiger partial charge < -0.3 is 20.1 Å². The number of hydrogen-bond acceptors (Lipinski definition) is 5. The molecule has 1 aliphatic heterocycles. The maximum absolute atomic E-state index is 13.3. The van der Waals surface area contributed by atoms with Crippen molar-refractivity contribution in [1.29, 1.82) is 0 Å². The Hall–Kier alpha value is -4.14. The molecule has 1 aromatic heterocycles. The molecule has 9 heteroatoms. The van der Waals surface area contributed by atoms with E-state index in [1.165, 1.54) is 11.1 Å². The minimum Gasteiger partial charge on any atom is -0.481 e. The third-order valence-corrected chi connectivity index (χ3v) is 6.76. The molecule has 2 amide bonds. The summed E-state index contributed by atoms with van der Waals surface area (Å²) in [5.41, 5.74) is 4.95. The lowest BCUT2D eigenvalue weighted by molar-refractivity contribution is -0.141. The third kappa shape index (κ3) is 4.37. The molecule has 35 heavy (non-hydrogen) atoms. The SMILES string of the molecule is Cn1cc(C(NC(=O)OCC2c3ccccc3-c3ccccc32)C(=O)N2CCC(C(=O)O)C2)cn1. The number of nitrogens with zero attached hydrogens (tertiary/aromatic N) is 3. The predicted molar refractivity (Wildman–Crippen MR) is 126 cm³/mol. The molecule has 180 valence electrons. The number of carboxylic acid groups (broad SMARTS) is 1. The summed E-state index contributed by atoms with van der Waals surface area (Å²) < 4.78 is 7.17. The molecule has 0 radical (unpaired) electrons. The van der Waals surface area contributed by atoms with Crippen LogP contribution in [0.3, 0.4) is 0 Å². The average molecular weight is 475 g/mol. The fourth-order valence-corrected chi connectivity index (χ4v) is 4.98. The van der Waals surface area contributed by atoms with Crippen LogP contribution in [0.25, 0.3) is 11.1 Å². The van der Waals surface area contributed by atoms with Crippen molar-refractivity contribution >= 4 is 18.0 Å². The van der Waals surface area contributed by atoms with Crippen molar-refractivity contribution in [3.8, 4) is 11.1 Å². The molecule has 2 aliphatic rings. The highest BCUT2D eigenvalue weighted by Crippen LogP contribution is 2.44. The first-order valence-corrected chi connectivity index (χ1v) is 11.5. The van der Waals surface area contributed by atoms with Crippen LogP contribution < -0.4 is 5.32 Å². The largest absolute Gasteiger partial charge is 0.481 e. The topological polar surface area (TPSA) is 114 Å². The van der Waals surface area contributed by atoms with Gasteiger partial charge in [0.1, 0.15) is 12.6 Å². The minimum atomic E-state index is -1.02. The smallest absolute Gasteiger partial charge is 0.408 e. The number of aryl methyl sites for hydroxylation is 1. The molecule has 5 rings (SSSR count). The molecule has 1 fully saturated rings. The highest BCUT2D eigenvalue weighted by atomic mass is 16.5. The number of aromatic nitrogens is 2. The van der Waals surface area contributed by atoms with Crippen LogP contribution in [0.2, 0.25) is 0 Å². The first-order chi connectivity index (χ1) is 16.9. The van der Waals surface area contributed by atoms with Gasteiger partial charge in [0.15, 0.2) is 0 Å². The van der Waals surface area contributed by atoms with Crippen LogP contribution in [0.15, 0.2) is 60.9 Å². The van der Waals surface area contributed by atoms with Gasteiger partial charge in [-0.15, -0.1) is 0 Å². The second-order valence-electron chi connectivity index (χ2n) is 8.96. The Balaban J connectivity index is 1.30. The second kappa shape index (κ2) is 9.25. The van der Waals surface area contributed by atoms with Crippen molar-refractivity contribution < 1.29 is 24.2 Å². The zero-order valence-electron chi connectivity index (χ0n) is 19.3. The Kier molecular flexibility index (Phi) is 5.98. The molecule has 9 nitrogen and oxygen atoms in total. The lowest BCUT2D eigenvalue weighted by atomic mass is 9.98. The quantitative estimate of drug-likeness (QED) is 0.568. The van der Waals surface area contributed by atoms with Gasteiger partial charge in [0.2, 0.25) is 5.91 Å². The van der Waals surface area contributed by atoms with E-state index in [1.807, 2.05) is 36.4 Å². The monoisotopic (exact) mass is 474 g/mol. The molecule has 2 N–H and O–H groups in total. The number of carbonyl (C=O) groups excluding carboxylic acids is 2. The van der Waals surface area contributed by atoms with Crippen LogP contribution in [0, 0.1) is 5.92 Å². The Bertz CT molecular complexity index is 1240. The number of ether oxygens (including phenoxy) is 1. The third-order valence-electron chi connectivity index (χ3n) is 6.76. The Labute approximate surface area is 202 Å². The van der Waals surface area contributed by atoms with Crippen LogP contribution >= 0.6 is 0 Å². The van der Waals surface area contributed by atoms with Crippen molar-refractivity contribution in [1.82, 2.24) is 20.0 Å². The summed E-state index contributed by atoms with van der Waals surface area (Å²) in [6.07, 6.45) is 2.82. The number of fused-ring (bicyclic) bond motifs is 3. The average Bonchev–Trinajstić information content (AvgIpc) is 3.59. The number of hydrogen-bond donors (Lipinski definition) is 2. The zero-order valence-corrected chi connectivity index (χ0v) is 19.3. The van der Waals surface area contributed by atoms with E-state index in [1.54, 1.807) is 17.9 Å². The van der Waals surface area contributed by atoms with Crippen LogP contribution in [0.5, 0.6) is 0 Å². The highest BCUT2D eigenvalue weighted by Gasteiger charge is 2.36. The fraction of sp³-hybridized carbons (Fsp3) is 0.308. The molecule has 1 saturated heterocycles. The molecular formula is C26H26N4O5. The summed E-state index contributed by atoms with van der Waals surface area (Å²) >= 11 is 0. The van der Waals surface area contributed by atoms with E-state index in [0.717, 1.165) is 22.3 Å². The Morgan fingerprint density at radius 2 is 1.77 bits per heavy atom. The van der Waals surface area contributed by atoms with E-state index in [4.69, 9.17) is 4.74 Å². The molecule has 0 spiro atoms. The number of nitrogens with one attached hydrogen (secondary N) is 1. The fourth-order valence-electron chi connectivity index (χ4n) is 4.98. The van der Waals surface area contributed by atoms with E-state index in [-0.39, 0.29) is 25.0 Å². The summed E-state index contributed by atoms with van der Waals surface area (Å²) in [6.45, 7) is 0.550. The second-order valence-corrected chi connectivity index (χ2v) is 8.96. The van der Waals surface area contributed by atoms with E-state index >= 15 is 0 Å². The van der Waals surface area contributed by atoms with Gasteiger partial charge in [-0.25, -0.2) is 4.79 Å². The maximum Gasteiger partial charge on any atom is 0.408 e. The number of benzene rings is 2. The maximum atomic E-state index is 13.3. The van der Waals surface area contributed by atoms with Crippen LogP contribution in [0.4, 0.5) is 4.79 Å². The van der Waals surface area contributed by atoms with Gasteiger partial charge >= 0.3 is 12.1 Å². The summed E-state index contributed by atoms with van der Waals surface area (Å²) in [5.74, 6) is -2.02. The number of carboxylic acids is 1. The van der Waals surface area contributed by atoms with Gasteiger partial charge in [-0.1, -0.05) is 48.5 Å². The van der Waals surface area contributed by atoms with Crippen molar-refractivity contribution in [3.63, 3.8) is 0 Å². The summed E-state index contributed by atoms with van der Waals surface area (Å²) in [4.78, 5) is 39.0. The number of rotatable bonds is 6. The Morgan fingerprint density at radius 3 is 2.34 bits per heavy atom. The normalized spacial score (nSPS) is 17.5. The first-order valence-electron chi connectivity index (χ1n) is 11.5. The van der Waals surface area contributed by atoms with Crippen molar-refractivity contribution in [2.45, 2.75) is 18.4 Å². The van der Waals surface area contributed by atoms with E-state index < -0.39 is 24.0 Å². The van der Waals surface area contributed by atoms with Crippen LogP contribution in [0.1, 0.15) is 35.1 Å². The standard InChI is InChI=1S/C26H26N4O5/c1-29-13-17(12-27-29)23(24(31)30-11-10-16(14-30)25(32)33)28-26(34)35-15-22-20-8-4-2-6-18(20)19-7-3-5-9-21(19)22/h2-9,12-13,16,22-23H,10-11,14-15H2,1H3,(H,28,34)(H,32,33). The number of alkyl carbamates (subject to hydrolysis) is 1. The molecule has 1 aliphatic carbocycles. The molecule has 2 atom stereocenters. The number of carbonyl (C=O) groups is 3. The molecule has 0 bridgehead atoms. The molecule has 2 unspecified atom stereocenters. The Morgan fingerprint density at radius 1 is 1.11 bits per heavy atom. The van der Waals surface area contributed by atoms with E-state index in [0.29, 0.717) is 18.5 Å². The molecule has 2 aromatic carbocycles. The van der Waals surface area contributed by atoms with E-state index in [2.05, 4.69) is 22.5 Å². The molecule has 0 saturated carbocycles. The summed E-state index contributed by atoms with van der Waals surface area (Å²) in [7, 11) is 1.72. The summed E-state index contributed by atoms with van der Waals surface area (Å²) in [6, 6.07) is 15.1. The lowest BCUT2D eigenvalue weighted by Crippen LogP contribution is -2.42. The van der Waals surface area contributed by atoms with Gasteiger partial charge in [-0.2, -0.15) is 5.10 Å². The van der Waals surface area contributed by atoms with Crippen LogP contribution in [-0.4, -0.2) is 57.5 Å². The number of amides is 2. The zero-order chi connectivity index (χ0) is 24.5. The number of likely N-dealkylation sites (tertiary alicyclic amines) is 1. The van der Waals surface area contributed by atoms with Crippen molar-refractivity contribution in [2.24, 2.45) is 13.0 Å². The molecule has 2 heterocycles. The van der Waals surface area contributed by atoms with Crippen LogP contribution in [-0.2, 0) is 21.4 Å². The van der Waals surface area contributed by atoms with Gasteiger partial charge in [0, 0.05) is 37.8 Å². The van der Waals surface area contributed by atoms with E-state index in [9.17, 15) is 19.5 Å². The van der Waals surface area contributed by atoms with Gasteiger partial charge in [-0.05, 0) is 28.7 Å². The van der Waals surface area contributed by atoms with Gasteiger partial charge in [0.25, 0.3) is 0 Å². The molecule has 3 aromatic rings. The van der Waals surface area contributed by atoms with Crippen molar-refractivity contribution in [2.75, 3.05) is 19.7 Å². The van der Waals surface area contributed by atoms with Crippen molar-refractivity contribution in [3.05, 3.63) is 77.6 Å². The summed E-state index contributed by atoms with van der Waals surface area (Å²) in [5, 5.41) is 16.1. The minimum absolute atomic E-state index is 0.101. The first kappa shape index (κ1) is 22.6.